The molecule has 0 radical (unpaired) electrons. The number of nitrogens with two attached hydrogens (primary N) is 1. The van der Waals surface area contributed by atoms with Crippen LogP contribution in [0.3, 0.4) is 0 Å². The topological polar surface area (TPSA) is 198 Å². The van der Waals surface area contributed by atoms with Gasteiger partial charge in [0.25, 0.3) is 0 Å². The molecule has 64 heavy (non-hydrogen) atoms. The van der Waals surface area contributed by atoms with Crippen molar-refractivity contribution >= 4 is 43.2 Å². The highest BCUT2D eigenvalue weighted by Gasteiger charge is 2.27. The number of para-hydroxylation sites is 2. The molecule has 0 unspecified atom stereocenters. The van der Waals surface area contributed by atoms with E-state index in [1.165, 1.54) is 15.7 Å². The first kappa shape index (κ1) is 50.2. The number of hydrogen-bond acceptors (Lipinski definition) is 14. The summed E-state index contributed by atoms with van der Waals surface area (Å²) in [5, 5.41) is 18.2. The molecule has 2 fully saturated rings. The lowest BCUT2D eigenvalue weighted by atomic mass is 10.1. The predicted molar refractivity (Wildman–Crippen MR) is 250 cm³/mol. The highest BCUT2D eigenvalue weighted by Crippen LogP contribution is 2.24. The number of rotatable bonds is 21. The van der Waals surface area contributed by atoms with Crippen molar-refractivity contribution < 1.29 is 41.4 Å². The Morgan fingerprint density at radius 1 is 0.547 bits per heavy atom. The number of aliphatic hydroxyl groups is 2. The molecule has 0 amide bonds. The Hall–Kier alpha value is -4.76. The number of aliphatic hydroxyl groups excluding tert-OH is 2. The Labute approximate surface area is 378 Å². The van der Waals surface area contributed by atoms with Gasteiger partial charge >= 0.3 is 5.97 Å². The Kier molecular flexibility index (Phi) is 19.7. The van der Waals surface area contributed by atoms with Crippen molar-refractivity contribution in [3.63, 3.8) is 0 Å². The van der Waals surface area contributed by atoms with Crippen LogP contribution in [-0.4, -0.2) is 175 Å². The van der Waals surface area contributed by atoms with Crippen LogP contribution in [0.15, 0.2) is 109 Å². The summed E-state index contributed by atoms with van der Waals surface area (Å²) >= 11 is 0. The van der Waals surface area contributed by atoms with Crippen LogP contribution < -0.4 is 14.3 Å². The van der Waals surface area contributed by atoms with Crippen molar-refractivity contribution in [2.45, 2.75) is 13.1 Å². The number of piperazine rings is 2. The number of Topliss-reactive ketones (excluding diaryl/α,β-unsaturated/α-hetero) is 1. The molecule has 2 aliphatic rings. The second-order valence-electron chi connectivity index (χ2n) is 15.6. The molecule has 6 rings (SSSR count). The fourth-order valence-corrected chi connectivity index (χ4v) is 10.5. The van der Waals surface area contributed by atoms with E-state index < -0.39 is 26.0 Å². The second kappa shape index (κ2) is 25.1. The van der Waals surface area contributed by atoms with E-state index in [1.807, 2.05) is 36.4 Å². The summed E-state index contributed by atoms with van der Waals surface area (Å²) in [6.07, 6.45) is 0. The van der Waals surface area contributed by atoms with Crippen LogP contribution in [0.5, 0.6) is 0 Å². The van der Waals surface area contributed by atoms with Gasteiger partial charge in [-0.3, -0.25) is 33.0 Å². The van der Waals surface area contributed by atoms with E-state index >= 15 is 0 Å². The summed E-state index contributed by atoms with van der Waals surface area (Å²) in [6.45, 7) is 9.29. The van der Waals surface area contributed by atoms with Gasteiger partial charge in [0.05, 0.1) is 68.4 Å². The highest BCUT2D eigenvalue weighted by molar-refractivity contribution is 7.93. The average molecular weight is 922 g/mol. The number of ether oxygens (including phenoxy) is 1. The van der Waals surface area contributed by atoms with E-state index in [9.17, 15) is 26.4 Å². The molecule has 0 bridgehead atoms. The molecular formula is C46H63N7O9S2. The molecule has 0 saturated carbocycles. The first-order chi connectivity index (χ1) is 30.8. The van der Waals surface area contributed by atoms with Gasteiger partial charge in [-0.15, -0.1) is 0 Å². The van der Waals surface area contributed by atoms with Crippen molar-refractivity contribution in [3.8, 4) is 0 Å². The zero-order valence-corrected chi connectivity index (χ0v) is 38.3. The smallest absolute Gasteiger partial charge is 0.337 e. The molecule has 2 saturated heterocycles. The van der Waals surface area contributed by atoms with Crippen LogP contribution in [0, 0.1) is 0 Å². The number of benzene rings is 4. The number of hydrogen-bond donors (Lipinski definition) is 3. The van der Waals surface area contributed by atoms with E-state index in [-0.39, 0.29) is 50.1 Å². The first-order valence-electron chi connectivity index (χ1n) is 21.6. The predicted octanol–water partition coefficient (Wildman–Crippen LogP) is 2.19. The molecule has 2 aliphatic heterocycles. The van der Waals surface area contributed by atoms with Gasteiger partial charge in [0.1, 0.15) is 0 Å². The largest absolute Gasteiger partial charge is 0.465 e. The fraction of sp³-hybridized carbons (Fsp3) is 0.435. The Morgan fingerprint density at radius 3 is 1.22 bits per heavy atom. The lowest BCUT2D eigenvalue weighted by molar-refractivity contribution is 0.0600. The normalized spacial score (nSPS) is 15.5. The van der Waals surface area contributed by atoms with Gasteiger partial charge in [-0.2, -0.15) is 0 Å². The Bertz CT molecular complexity index is 2080. The van der Waals surface area contributed by atoms with E-state index in [2.05, 4.69) is 19.6 Å². The van der Waals surface area contributed by atoms with Crippen LogP contribution in [0.4, 0.5) is 11.4 Å². The van der Waals surface area contributed by atoms with Gasteiger partial charge in [-0.25, -0.2) is 21.6 Å². The van der Waals surface area contributed by atoms with Gasteiger partial charge in [0, 0.05) is 84.1 Å². The number of β-amino-alcohol motifs (C(OH)–C–C–N with tert-alkyl or cyclic N) is 2. The summed E-state index contributed by atoms with van der Waals surface area (Å²) in [7, 11) is -5.83. The minimum Gasteiger partial charge on any atom is -0.465 e. The zero-order valence-electron chi connectivity index (χ0n) is 36.7. The number of carbonyl (C=O) groups is 2. The van der Waals surface area contributed by atoms with Crippen LogP contribution in [0.1, 0.15) is 31.8 Å². The maximum Gasteiger partial charge on any atom is 0.337 e. The van der Waals surface area contributed by atoms with E-state index in [4.69, 9.17) is 20.7 Å². The number of nitrogens with zero attached hydrogens (tertiary/aromatic N) is 6. The quantitative estimate of drug-likeness (QED) is 0.0813. The molecule has 4 N–H and O–H groups in total. The molecule has 0 aliphatic carbocycles. The van der Waals surface area contributed by atoms with Crippen LogP contribution in [0.25, 0.3) is 0 Å². The lowest BCUT2D eigenvalue weighted by Gasteiger charge is -2.34. The third kappa shape index (κ3) is 15.2. The van der Waals surface area contributed by atoms with Crippen LogP contribution in [0.2, 0.25) is 0 Å². The monoisotopic (exact) mass is 921 g/mol. The number of esters is 1. The van der Waals surface area contributed by atoms with Gasteiger partial charge in [0.2, 0.25) is 20.0 Å². The maximum absolute atomic E-state index is 13.4. The first-order valence-corrected chi connectivity index (χ1v) is 24.8. The molecule has 0 spiro atoms. The lowest BCUT2D eigenvalue weighted by Crippen LogP contribution is -2.49. The molecule has 2 heterocycles. The molecule has 348 valence electrons. The van der Waals surface area contributed by atoms with E-state index in [1.54, 1.807) is 72.8 Å². The molecule has 16 nitrogen and oxygen atoms in total. The SMILES string of the molecule is COC(=O)c1ccc(CN(c2ccccc2)S(=O)(=O)CCN2CCN(CCO)CC2)cc1.NCC(=O)c1ccc(CN(c2ccccc2)S(=O)(=O)CCN2CCN(CCO)CC2)cc1. The average Bonchev–Trinajstić information content (AvgIpc) is 3.33. The van der Waals surface area contributed by atoms with Crippen molar-refractivity contribution in [1.82, 2.24) is 19.6 Å². The fourth-order valence-electron chi connectivity index (χ4n) is 7.46. The number of methoxy groups -OCH3 is 1. The van der Waals surface area contributed by atoms with Crippen LogP contribution in [-0.2, 0) is 37.9 Å². The molecule has 0 atom stereocenters. The molecule has 18 heteroatoms. The van der Waals surface area contributed by atoms with Crippen molar-refractivity contribution in [1.29, 1.82) is 0 Å². The minimum atomic E-state index is -3.58. The maximum atomic E-state index is 13.4. The van der Waals surface area contributed by atoms with Gasteiger partial charge in [-0.1, -0.05) is 72.8 Å². The van der Waals surface area contributed by atoms with Gasteiger partial charge < -0.3 is 20.7 Å². The summed E-state index contributed by atoms with van der Waals surface area (Å²) in [5.74, 6) is -0.542. The molecule has 4 aromatic carbocycles. The number of ketones is 1. The standard InChI is InChI=1S/C23H32N4O4S.C23H31N3O5S/c24-18-23(29)21-8-6-20(7-9-21)19-27(22-4-2-1-3-5-22)32(30,31)17-15-26-12-10-25(11-13-26)14-16-28;1-31-23(28)21-9-7-20(8-10-21)19-26(22-5-3-2-4-6-22)32(29,30)18-16-25-13-11-24(12-14-25)15-17-27/h1-9,28H,10-19,24H2;2-10,27H,11-19H2,1H3. The minimum absolute atomic E-state index is 0.0160. The summed E-state index contributed by atoms with van der Waals surface area (Å²) in [6, 6.07) is 31.8. The number of sulfonamides is 2. The Balaban J connectivity index is 0.000000241. The van der Waals surface area contributed by atoms with Crippen LogP contribution >= 0.6 is 0 Å². The molecule has 0 aromatic heterocycles. The summed E-state index contributed by atoms with van der Waals surface area (Å²) in [4.78, 5) is 32.1. The number of carbonyl (C=O) groups excluding carboxylic acids is 2. The van der Waals surface area contributed by atoms with Gasteiger partial charge in [-0.05, 0) is 47.5 Å². The van der Waals surface area contributed by atoms with Crippen molar-refractivity contribution in [2.24, 2.45) is 5.73 Å². The highest BCUT2D eigenvalue weighted by atomic mass is 32.2. The van der Waals surface area contributed by atoms with Crippen molar-refractivity contribution in [3.05, 3.63) is 131 Å². The molecular weight excluding hydrogens is 859 g/mol. The number of anilines is 2. The third-order valence-corrected chi connectivity index (χ3v) is 14.8. The third-order valence-electron chi connectivity index (χ3n) is 11.3. The summed E-state index contributed by atoms with van der Waals surface area (Å²) < 4.78 is 61.0. The molecule has 4 aromatic rings. The van der Waals surface area contributed by atoms with E-state index in [0.29, 0.717) is 48.7 Å². The second-order valence-corrected chi connectivity index (χ2v) is 19.7. The van der Waals surface area contributed by atoms with Crippen molar-refractivity contribution in [2.75, 3.05) is 126 Å². The van der Waals surface area contributed by atoms with E-state index in [0.717, 1.165) is 63.5 Å². The Morgan fingerprint density at radius 2 is 0.891 bits per heavy atom. The summed E-state index contributed by atoms with van der Waals surface area (Å²) in [5.41, 5.74) is 9.16. The zero-order chi connectivity index (χ0) is 46.0. The van der Waals surface area contributed by atoms with Gasteiger partial charge in [0.15, 0.2) is 5.78 Å².